The van der Waals surface area contributed by atoms with E-state index < -0.39 is 28.5 Å². The number of nitrogens with one attached hydrogen (secondary N) is 1. The first-order valence-electron chi connectivity index (χ1n) is 15.7. The Morgan fingerprint density at radius 2 is 1.53 bits per heavy atom. The van der Waals surface area contributed by atoms with Crippen LogP contribution in [0.1, 0.15) is 62.1 Å². The number of amides is 2. The van der Waals surface area contributed by atoms with Gasteiger partial charge in [-0.3, -0.25) is 13.9 Å². The van der Waals surface area contributed by atoms with Gasteiger partial charge < -0.3 is 19.7 Å². The van der Waals surface area contributed by atoms with Gasteiger partial charge in [0.25, 0.3) is 10.0 Å². The van der Waals surface area contributed by atoms with Gasteiger partial charge in [-0.1, -0.05) is 61.5 Å². The Hall–Kier alpha value is -3.47. The molecular formula is C35H43Cl2N3O6S. The molecule has 12 heteroatoms. The second-order valence-electron chi connectivity index (χ2n) is 11.9. The highest BCUT2D eigenvalue weighted by Gasteiger charge is 2.35. The van der Waals surface area contributed by atoms with Crippen molar-refractivity contribution in [1.82, 2.24) is 10.2 Å². The Labute approximate surface area is 288 Å². The topological polar surface area (TPSA) is 105 Å². The number of halogens is 2. The van der Waals surface area contributed by atoms with E-state index in [0.717, 1.165) is 47.5 Å². The maximum atomic E-state index is 14.5. The number of hydrogen-bond acceptors (Lipinski definition) is 6. The lowest BCUT2D eigenvalue weighted by molar-refractivity contribution is -0.140. The summed E-state index contributed by atoms with van der Waals surface area (Å²) in [6, 6.07) is 13.8. The standard InChI is InChI=1S/C35H43Cl2N3O6S/c1-6-31(35(42)38-25-11-8-7-9-12-25)39(21-28-29(36)13-10-14-30(28)37)34(41)22-40(26-18-23(2)17-24(3)19-26)47(43,44)27-15-16-32(45-4)33(20-27)46-5/h10,13-20,25,31H,6-9,11-12,21-22H2,1-5H3,(H,38,42)/t31-/m0/s1. The second-order valence-corrected chi connectivity index (χ2v) is 14.5. The van der Waals surface area contributed by atoms with Crippen LogP contribution in [0.3, 0.4) is 0 Å². The molecule has 0 saturated heterocycles. The summed E-state index contributed by atoms with van der Waals surface area (Å²) < 4.78 is 40.6. The van der Waals surface area contributed by atoms with Crippen LogP contribution in [0.5, 0.6) is 11.5 Å². The van der Waals surface area contributed by atoms with Crippen molar-refractivity contribution in [2.45, 2.75) is 82.8 Å². The van der Waals surface area contributed by atoms with Crippen LogP contribution in [0.4, 0.5) is 5.69 Å². The predicted molar refractivity (Wildman–Crippen MR) is 186 cm³/mol. The highest BCUT2D eigenvalue weighted by molar-refractivity contribution is 7.92. The van der Waals surface area contributed by atoms with Crippen LogP contribution < -0.4 is 19.1 Å². The summed E-state index contributed by atoms with van der Waals surface area (Å²) in [5, 5.41) is 3.81. The van der Waals surface area contributed by atoms with Crippen LogP contribution in [0.2, 0.25) is 10.0 Å². The second kappa shape index (κ2) is 16.1. The van der Waals surface area contributed by atoms with Crippen molar-refractivity contribution in [2.24, 2.45) is 0 Å². The van der Waals surface area contributed by atoms with Crippen molar-refractivity contribution < 1.29 is 27.5 Å². The minimum Gasteiger partial charge on any atom is -0.493 e. The van der Waals surface area contributed by atoms with Crippen molar-refractivity contribution in [2.75, 3.05) is 25.1 Å². The molecule has 2 amide bonds. The van der Waals surface area contributed by atoms with Gasteiger partial charge in [-0.2, -0.15) is 0 Å². The van der Waals surface area contributed by atoms with Gasteiger partial charge in [0.2, 0.25) is 11.8 Å². The highest BCUT2D eigenvalue weighted by Crippen LogP contribution is 2.34. The molecule has 0 bridgehead atoms. The molecule has 1 atom stereocenters. The van der Waals surface area contributed by atoms with E-state index in [1.807, 2.05) is 26.8 Å². The third kappa shape index (κ3) is 8.72. The number of sulfonamides is 1. The van der Waals surface area contributed by atoms with Crippen molar-refractivity contribution >= 4 is 50.7 Å². The Morgan fingerprint density at radius 3 is 2.11 bits per heavy atom. The SMILES string of the molecule is CC[C@@H](C(=O)NC1CCCCC1)N(Cc1c(Cl)cccc1Cl)C(=O)CN(c1cc(C)cc(C)c1)S(=O)(=O)c1ccc(OC)c(OC)c1. The van der Waals surface area contributed by atoms with Gasteiger partial charge in [0.1, 0.15) is 12.6 Å². The summed E-state index contributed by atoms with van der Waals surface area (Å²) in [6.07, 6.45) is 5.21. The molecule has 0 aromatic heterocycles. The molecule has 47 heavy (non-hydrogen) atoms. The van der Waals surface area contributed by atoms with Crippen LogP contribution >= 0.6 is 23.2 Å². The van der Waals surface area contributed by atoms with E-state index in [9.17, 15) is 18.0 Å². The summed E-state index contributed by atoms with van der Waals surface area (Å²) in [7, 11) is -1.46. The Morgan fingerprint density at radius 1 is 0.915 bits per heavy atom. The first-order chi connectivity index (χ1) is 22.4. The largest absolute Gasteiger partial charge is 0.493 e. The number of aryl methyl sites for hydroxylation is 2. The van der Waals surface area contributed by atoms with Crippen LogP contribution in [0, 0.1) is 13.8 Å². The number of rotatable bonds is 13. The van der Waals surface area contributed by atoms with Gasteiger partial charge in [0.15, 0.2) is 11.5 Å². The van der Waals surface area contributed by atoms with Crippen LogP contribution in [-0.2, 0) is 26.2 Å². The third-order valence-electron chi connectivity index (χ3n) is 8.44. The smallest absolute Gasteiger partial charge is 0.264 e. The zero-order valence-electron chi connectivity index (χ0n) is 27.5. The number of hydrogen-bond donors (Lipinski definition) is 1. The number of ether oxygens (including phenoxy) is 2. The van der Waals surface area contributed by atoms with Gasteiger partial charge in [0.05, 0.1) is 24.8 Å². The molecule has 0 spiro atoms. The molecule has 3 aromatic carbocycles. The van der Waals surface area contributed by atoms with Crippen LogP contribution in [0.15, 0.2) is 59.5 Å². The van der Waals surface area contributed by atoms with Gasteiger partial charge in [-0.05, 0) is 80.6 Å². The highest BCUT2D eigenvalue weighted by atomic mass is 35.5. The summed E-state index contributed by atoms with van der Waals surface area (Å²) in [5.41, 5.74) is 2.41. The average Bonchev–Trinajstić information content (AvgIpc) is 3.04. The van der Waals surface area contributed by atoms with Crippen LogP contribution in [-0.4, -0.2) is 58.0 Å². The van der Waals surface area contributed by atoms with Gasteiger partial charge >= 0.3 is 0 Å². The molecule has 3 aromatic rings. The lowest BCUT2D eigenvalue weighted by atomic mass is 9.95. The predicted octanol–water partition coefficient (Wildman–Crippen LogP) is 7.08. The van der Waals surface area contributed by atoms with Gasteiger partial charge in [0, 0.05) is 34.3 Å². The summed E-state index contributed by atoms with van der Waals surface area (Å²) in [5.74, 6) is -0.301. The molecule has 0 unspecified atom stereocenters. The van der Waals surface area contributed by atoms with Crippen molar-refractivity contribution in [3.8, 4) is 11.5 Å². The molecule has 9 nitrogen and oxygen atoms in total. The minimum absolute atomic E-state index is 0.0170. The van der Waals surface area contributed by atoms with Gasteiger partial charge in [-0.25, -0.2) is 8.42 Å². The van der Waals surface area contributed by atoms with E-state index in [1.54, 1.807) is 30.3 Å². The van der Waals surface area contributed by atoms with Crippen molar-refractivity contribution in [3.63, 3.8) is 0 Å². The Bertz CT molecular complexity index is 1650. The number of carbonyl (C=O) groups excluding carboxylic acids is 2. The van der Waals surface area contributed by atoms with E-state index in [4.69, 9.17) is 32.7 Å². The normalized spacial score (nSPS) is 14.3. The zero-order valence-corrected chi connectivity index (χ0v) is 29.8. The van der Waals surface area contributed by atoms with E-state index in [2.05, 4.69) is 5.32 Å². The Balaban J connectivity index is 1.79. The number of carbonyl (C=O) groups is 2. The van der Waals surface area contributed by atoms with E-state index in [1.165, 1.54) is 37.3 Å². The molecular weight excluding hydrogens is 661 g/mol. The van der Waals surface area contributed by atoms with E-state index in [0.29, 0.717) is 33.5 Å². The van der Waals surface area contributed by atoms with E-state index in [-0.39, 0.29) is 29.1 Å². The third-order valence-corrected chi connectivity index (χ3v) is 10.9. The molecule has 1 aliphatic rings. The first-order valence-corrected chi connectivity index (χ1v) is 17.9. The molecule has 1 saturated carbocycles. The van der Waals surface area contributed by atoms with E-state index >= 15 is 0 Å². The fraction of sp³-hybridized carbons (Fsp3) is 0.429. The summed E-state index contributed by atoms with van der Waals surface area (Å²) in [6.45, 7) is 4.85. The molecule has 0 radical (unpaired) electrons. The number of benzene rings is 3. The molecule has 1 N–H and O–H groups in total. The molecule has 1 fully saturated rings. The lowest BCUT2D eigenvalue weighted by Crippen LogP contribution is -2.54. The van der Waals surface area contributed by atoms with Gasteiger partial charge in [-0.15, -0.1) is 0 Å². The molecule has 0 aliphatic heterocycles. The summed E-state index contributed by atoms with van der Waals surface area (Å²) >= 11 is 13.1. The van der Waals surface area contributed by atoms with Crippen molar-refractivity contribution in [3.05, 3.63) is 81.3 Å². The van der Waals surface area contributed by atoms with Crippen LogP contribution in [0.25, 0.3) is 0 Å². The average molecular weight is 705 g/mol. The fourth-order valence-corrected chi connectivity index (χ4v) is 7.98. The quantitative estimate of drug-likeness (QED) is 0.204. The Kier molecular flexibility index (Phi) is 12.4. The van der Waals surface area contributed by atoms with Crippen molar-refractivity contribution in [1.29, 1.82) is 0 Å². The fourth-order valence-electron chi connectivity index (χ4n) is 6.05. The molecule has 4 rings (SSSR count). The molecule has 1 aliphatic carbocycles. The first kappa shape index (κ1) is 36.4. The summed E-state index contributed by atoms with van der Waals surface area (Å²) in [4.78, 5) is 29.6. The number of anilines is 1. The monoisotopic (exact) mass is 703 g/mol. The minimum atomic E-state index is -4.34. The maximum Gasteiger partial charge on any atom is 0.264 e. The maximum absolute atomic E-state index is 14.5. The number of nitrogens with zero attached hydrogens (tertiary/aromatic N) is 2. The molecule has 0 heterocycles. The zero-order chi connectivity index (χ0) is 34.3. The lowest BCUT2D eigenvalue weighted by Gasteiger charge is -2.35. The number of methoxy groups -OCH3 is 2. The molecule has 254 valence electrons.